The molecule has 1 aliphatic heterocycles. The molecule has 9 aromatic rings. The quantitative estimate of drug-likeness (QED) is 0.155. The molecule has 0 radical (unpaired) electrons. The van der Waals surface area contributed by atoms with Crippen molar-refractivity contribution in [3.05, 3.63) is 201 Å². The van der Waals surface area contributed by atoms with Gasteiger partial charge < -0.3 is 9.64 Å². The Hall–Kier alpha value is -7.50. The Morgan fingerprint density at radius 2 is 1.27 bits per heavy atom. The summed E-state index contributed by atoms with van der Waals surface area (Å²) < 4.78 is 8.86. The zero-order valence-corrected chi connectivity index (χ0v) is 29.9. The van der Waals surface area contributed by atoms with Gasteiger partial charge in [-0.05, 0) is 82.1 Å². The molecule has 0 atom stereocenters. The third-order valence-corrected chi connectivity index (χ3v) is 10.3. The van der Waals surface area contributed by atoms with E-state index in [1.165, 1.54) is 16.2 Å². The molecule has 0 spiro atoms. The number of hydrogen-bond acceptors (Lipinski definition) is 4. The second-order valence-corrected chi connectivity index (χ2v) is 13.5. The van der Waals surface area contributed by atoms with E-state index in [0.717, 1.165) is 78.8 Å². The van der Waals surface area contributed by atoms with Crippen LogP contribution in [0.2, 0.25) is 0 Å². The van der Waals surface area contributed by atoms with Gasteiger partial charge in [-0.25, -0.2) is 9.97 Å². The molecule has 5 heteroatoms. The summed E-state index contributed by atoms with van der Waals surface area (Å²) in [6, 6.07) is 57.0. The highest BCUT2D eigenvalue weighted by atomic mass is 16.5. The lowest BCUT2D eigenvalue weighted by atomic mass is 9.99. The number of benzene rings is 7. The molecule has 0 bridgehead atoms. The van der Waals surface area contributed by atoms with Crippen LogP contribution in [-0.2, 0) is 0 Å². The number of hydrogen-bond donors (Lipinski definition) is 0. The van der Waals surface area contributed by atoms with E-state index < -0.39 is 0 Å². The van der Waals surface area contributed by atoms with Crippen LogP contribution in [0, 0.1) is 0 Å². The van der Waals surface area contributed by atoms with Gasteiger partial charge in [-0.1, -0.05) is 135 Å². The van der Waals surface area contributed by atoms with Crippen molar-refractivity contribution in [3.8, 4) is 39.8 Å². The molecule has 3 heterocycles. The van der Waals surface area contributed by atoms with Gasteiger partial charge in [-0.2, -0.15) is 0 Å². The molecule has 7 aromatic carbocycles. The molecule has 10 rings (SSSR count). The molecule has 0 aliphatic carbocycles. The van der Waals surface area contributed by atoms with E-state index in [-0.39, 0.29) is 0 Å². The third-order valence-electron chi connectivity index (χ3n) is 10.3. The summed E-state index contributed by atoms with van der Waals surface area (Å²) >= 11 is 0. The number of para-hydroxylation sites is 3. The lowest BCUT2D eigenvalue weighted by molar-refractivity contribution is 0.477. The first-order chi connectivity index (χ1) is 27.2. The van der Waals surface area contributed by atoms with Crippen molar-refractivity contribution < 1.29 is 4.74 Å². The normalized spacial score (nSPS) is 12.4. The second kappa shape index (κ2) is 13.2. The first kappa shape index (κ1) is 32.2. The Labute approximate surface area is 319 Å². The van der Waals surface area contributed by atoms with Gasteiger partial charge >= 0.3 is 0 Å². The third kappa shape index (κ3) is 5.41. The first-order valence-corrected chi connectivity index (χ1v) is 18.3. The predicted octanol–water partition coefficient (Wildman–Crippen LogP) is 13.4. The standard InChI is InChI=1S/C50H34N4O/c1-3-15-33(4-2)41-32-48(52-50(51-41)35-17-7-5-8-18-35)54-42-27-25-36(30-40(42)49-39-21-12-11-16-34(39)24-29-45(49)54)37-26-28-44-47(31-37)55-46-23-14-13-22-43(46)53(44)38-19-9-6-10-20-38/h3-32H,1-2H2/b33-15+. The van der Waals surface area contributed by atoms with Crippen molar-refractivity contribution in [2.75, 3.05) is 4.90 Å². The van der Waals surface area contributed by atoms with Crippen molar-refractivity contribution in [3.63, 3.8) is 0 Å². The Morgan fingerprint density at radius 1 is 0.564 bits per heavy atom. The summed E-state index contributed by atoms with van der Waals surface area (Å²) in [7, 11) is 0. The van der Waals surface area contributed by atoms with Crippen LogP contribution in [0.3, 0.4) is 0 Å². The molecule has 55 heavy (non-hydrogen) atoms. The Morgan fingerprint density at radius 3 is 2.11 bits per heavy atom. The lowest BCUT2D eigenvalue weighted by Gasteiger charge is -2.33. The van der Waals surface area contributed by atoms with Crippen LogP contribution in [0.1, 0.15) is 5.69 Å². The lowest BCUT2D eigenvalue weighted by Crippen LogP contribution is -2.15. The summed E-state index contributed by atoms with van der Waals surface area (Å²) in [4.78, 5) is 12.5. The molecule has 0 unspecified atom stereocenters. The number of rotatable bonds is 7. The molecule has 0 saturated heterocycles. The van der Waals surface area contributed by atoms with Crippen LogP contribution in [-0.4, -0.2) is 14.5 Å². The van der Waals surface area contributed by atoms with E-state index >= 15 is 0 Å². The molecule has 0 fully saturated rings. The minimum Gasteiger partial charge on any atom is -0.453 e. The van der Waals surface area contributed by atoms with E-state index in [2.05, 4.69) is 126 Å². The fourth-order valence-corrected chi connectivity index (χ4v) is 7.81. The average molecular weight is 707 g/mol. The van der Waals surface area contributed by atoms with Crippen LogP contribution in [0.15, 0.2) is 195 Å². The minimum absolute atomic E-state index is 0.637. The molecule has 260 valence electrons. The maximum Gasteiger partial charge on any atom is 0.162 e. The van der Waals surface area contributed by atoms with E-state index in [1.807, 2.05) is 72.8 Å². The molecule has 2 aromatic heterocycles. The topological polar surface area (TPSA) is 43.2 Å². The van der Waals surface area contributed by atoms with Gasteiger partial charge in [0.1, 0.15) is 5.82 Å². The van der Waals surface area contributed by atoms with Crippen molar-refractivity contribution >= 4 is 55.2 Å². The van der Waals surface area contributed by atoms with Crippen LogP contribution >= 0.6 is 0 Å². The van der Waals surface area contributed by atoms with Gasteiger partial charge in [-0.15, -0.1) is 0 Å². The second-order valence-electron chi connectivity index (χ2n) is 13.5. The number of nitrogens with zero attached hydrogens (tertiary/aromatic N) is 4. The number of aromatic nitrogens is 3. The molecule has 0 N–H and O–H groups in total. The Kier molecular flexibility index (Phi) is 7.70. The average Bonchev–Trinajstić information content (AvgIpc) is 3.59. The maximum atomic E-state index is 6.60. The molecule has 0 saturated carbocycles. The predicted molar refractivity (Wildman–Crippen MR) is 228 cm³/mol. The molecule has 1 aliphatic rings. The van der Waals surface area contributed by atoms with Gasteiger partial charge in [0.15, 0.2) is 17.3 Å². The number of allylic oxidation sites excluding steroid dienone is 4. The smallest absolute Gasteiger partial charge is 0.162 e. The highest BCUT2D eigenvalue weighted by molar-refractivity contribution is 6.21. The van der Waals surface area contributed by atoms with E-state index in [1.54, 1.807) is 6.08 Å². The van der Waals surface area contributed by atoms with Gasteiger partial charge in [-0.3, -0.25) is 4.57 Å². The highest BCUT2D eigenvalue weighted by Crippen LogP contribution is 2.51. The van der Waals surface area contributed by atoms with Crippen LogP contribution < -0.4 is 9.64 Å². The maximum absolute atomic E-state index is 6.60. The first-order valence-electron chi connectivity index (χ1n) is 18.3. The van der Waals surface area contributed by atoms with E-state index in [4.69, 9.17) is 14.7 Å². The van der Waals surface area contributed by atoms with Crippen molar-refractivity contribution in [2.24, 2.45) is 0 Å². The number of fused-ring (bicyclic) bond motifs is 7. The Bertz CT molecular complexity index is 3000. The van der Waals surface area contributed by atoms with Gasteiger partial charge in [0, 0.05) is 28.1 Å². The van der Waals surface area contributed by atoms with Gasteiger partial charge in [0.2, 0.25) is 0 Å². The monoisotopic (exact) mass is 706 g/mol. The molecule has 5 nitrogen and oxygen atoms in total. The molecule has 0 amide bonds. The summed E-state index contributed by atoms with van der Waals surface area (Å²) in [6.45, 7) is 8.03. The van der Waals surface area contributed by atoms with Crippen molar-refractivity contribution in [1.82, 2.24) is 14.5 Å². The van der Waals surface area contributed by atoms with E-state index in [0.29, 0.717) is 5.82 Å². The summed E-state index contributed by atoms with van der Waals surface area (Å²) in [5.41, 5.74) is 9.92. The fraction of sp³-hybridized carbons (Fsp3) is 0. The van der Waals surface area contributed by atoms with Gasteiger partial charge in [0.25, 0.3) is 0 Å². The minimum atomic E-state index is 0.637. The zero-order valence-electron chi connectivity index (χ0n) is 29.9. The van der Waals surface area contributed by atoms with E-state index in [9.17, 15) is 0 Å². The van der Waals surface area contributed by atoms with Crippen molar-refractivity contribution in [2.45, 2.75) is 0 Å². The number of ether oxygens (including phenoxy) is 1. The number of anilines is 3. The summed E-state index contributed by atoms with van der Waals surface area (Å²) in [5, 5.41) is 4.66. The van der Waals surface area contributed by atoms with Gasteiger partial charge in [0.05, 0.1) is 28.1 Å². The van der Waals surface area contributed by atoms with Crippen LogP contribution in [0.5, 0.6) is 11.5 Å². The largest absolute Gasteiger partial charge is 0.453 e. The van der Waals surface area contributed by atoms with Crippen LogP contribution in [0.4, 0.5) is 17.1 Å². The SMILES string of the molecule is C=C/C=C(\C=C)c1cc(-n2c3ccc(-c4ccc5c(c4)Oc4ccccc4N5c4ccccc4)cc3c3c4ccccc4ccc32)nc(-c2ccccc2)n1. The molecular formula is C50H34N4O. The summed E-state index contributed by atoms with van der Waals surface area (Å²) in [6.07, 6.45) is 5.51. The highest BCUT2D eigenvalue weighted by Gasteiger charge is 2.26. The van der Waals surface area contributed by atoms with Crippen molar-refractivity contribution in [1.29, 1.82) is 0 Å². The fourth-order valence-electron chi connectivity index (χ4n) is 7.81. The van der Waals surface area contributed by atoms with Crippen LogP contribution in [0.25, 0.3) is 66.5 Å². The summed E-state index contributed by atoms with van der Waals surface area (Å²) in [5.74, 6) is 3.03. The Balaban J connectivity index is 1.19. The molecular weight excluding hydrogens is 673 g/mol. The zero-order chi connectivity index (χ0) is 36.9.